The van der Waals surface area contributed by atoms with Gasteiger partial charge >= 0.3 is 0 Å². The Labute approximate surface area is 136 Å². The molecule has 3 rings (SSSR count). The zero-order valence-corrected chi connectivity index (χ0v) is 13.7. The minimum Gasteiger partial charge on any atom is -0.494 e. The molecule has 0 atom stereocenters. The van der Waals surface area contributed by atoms with Gasteiger partial charge in [-0.2, -0.15) is 0 Å². The summed E-state index contributed by atoms with van der Waals surface area (Å²) in [4.78, 5) is 4.80. The first-order valence-electron chi connectivity index (χ1n) is 8.14. The van der Waals surface area contributed by atoms with E-state index in [4.69, 9.17) is 15.5 Å². The molecule has 0 spiro atoms. The van der Waals surface area contributed by atoms with Crippen molar-refractivity contribution in [2.24, 2.45) is 5.73 Å². The third kappa shape index (κ3) is 3.22. The molecule has 0 bridgehead atoms. The summed E-state index contributed by atoms with van der Waals surface area (Å²) in [6, 6.07) is 12.3. The predicted molar refractivity (Wildman–Crippen MR) is 93.9 cm³/mol. The molecule has 0 radical (unpaired) electrons. The lowest BCUT2D eigenvalue weighted by atomic mass is 10.1. The topological polar surface area (TPSA) is 52.5 Å². The molecule has 0 aliphatic heterocycles. The van der Waals surface area contributed by atoms with E-state index in [9.17, 15) is 0 Å². The number of nitrogens with two attached hydrogens (primary N) is 1. The summed E-state index contributed by atoms with van der Waals surface area (Å²) in [7, 11) is 0. The van der Waals surface area contributed by atoms with Crippen molar-refractivity contribution >= 4 is 5.65 Å². The van der Waals surface area contributed by atoms with Crippen LogP contribution in [-0.4, -0.2) is 22.5 Å². The van der Waals surface area contributed by atoms with Crippen LogP contribution in [0, 0.1) is 6.92 Å². The van der Waals surface area contributed by atoms with Gasteiger partial charge in [0.1, 0.15) is 11.4 Å². The number of aromatic nitrogens is 2. The van der Waals surface area contributed by atoms with Crippen molar-refractivity contribution in [3.8, 4) is 17.0 Å². The van der Waals surface area contributed by atoms with Gasteiger partial charge in [-0.1, -0.05) is 13.0 Å². The molecular weight excluding hydrogens is 286 g/mol. The molecule has 2 N–H and O–H groups in total. The van der Waals surface area contributed by atoms with Crippen LogP contribution in [-0.2, 0) is 6.42 Å². The molecule has 2 heterocycles. The van der Waals surface area contributed by atoms with Gasteiger partial charge in [0.25, 0.3) is 0 Å². The third-order valence-corrected chi connectivity index (χ3v) is 3.85. The van der Waals surface area contributed by atoms with E-state index in [-0.39, 0.29) is 0 Å². The van der Waals surface area contributed by atoms with Crippen molar-refractivity contribution in [2.45, 2.75) is 26.7 Å². The van der Waals surface area contributed by atoms with Crippen molar-refractivity contribution in [3.63, 3.8) is 0 Å². The van der Waals surface area contributed by atoms with Crippen molar-refractivity contribution in [1.29, 1.82) is 0 Å². The number of imidazole rings is 1. The lowest BCUT2D eigenvalue weighted by Crippen LogP contribution is -2.06. The van der Waals surface area contributed by atoms with Gasteiger partial charge in [0.05, 0.1) is 18.0 Å². The van der Waals surface area contributed by atoms with E-state index in [1.165, 1.54) is 5.56 Å². The Balaban J connectivity index is 2.02. The Kier molecular flexibility index (Phi) is 4.63. The molecule has 2 aromatic heterocycles. The van der Waals surface area contributed by atoms with Gasteiger partial charge in [-0.25, -0.2) is 4.98 Å². The lowest BCUT2D eigenvalue weighted by molar-refractivity contribution is 0.317. The van der Waals surface area contributed by atoms with Crippen molar-refractivity contribution < 1.29 is 4.74 Å². The molecule has 0 saturated carbocycles. The van der Waals surface area contributed by atoms with Gasteiger partial charge < -0.3 is 14.9 Å². The molecule has 23 heavy (non-hydrogen) atoms. The van der Waals surface area contributed by atoms with Gasteiger partial charge in [-0.15, -0.1) is 0 Å². The molecule has 120 valence electrons. The minimum atomic E-state index is 0.604. The Morgan fingerprint density at radius 3 is 2.61 bits per heavy atom. The number of hydrogen-bond acceptors (Lipinski definition) is 3. The van der Waals surface area contributed by atoms with Gasteiger partial charge in [-0.3, -0.25) is 0 Å². The number of benzene rings is 1. The van der Waals surface area contributed by atoms with E-state index in [1.807, 2.05) is 12.1 Å². The number of hydrogen-bond donors (Lipinski definition) is 1. The molecule has 0 amide bonds. The first-order chi connectivity index (χ1) is 11.2. The zero-order chi connectivity index (χ0) is 16.2. The van der Waals surface area contributed by atoms with Crippen molar-refractivity contribution in [1.82, 2.24) is 9.38 Å². The Bertz CT molecular complexity index is 790. The lowest BCUT2D eigenvalue weighted by Gasteiger charge is -2.07. The first-order valence-corrected chi connectivity index (χ1v) is 8.14. The average Bonchev–Trinajstić information content (AvgIpc) is 2.92. The number of nitrogens with zero attached hydrogens (tertiary/aromatic N) is 2. The normalized spacial score (nSPS) is 11.1. The van der Waals surface area contributed by atoms with Gasteiger partial charge in [0.15, 0.2) is 0 Å². The smallest absolute Gasteiger partial charge is 0.137 e. The Morgan fingerprint density at radius 2 is 1.91 bits per heavy atom. The second-order valence-electron chi connectivity index (χ2n) is 5.75. The van der Waals surface area contributed by atoms with Crippen LogP contribution in [0.1, 0.15) is 24.6 Å². The number of fused-ring (bicyclic) bond motifs is 1. The van der Waals surface area contributed by atoms with E-state index in [1.54, 1.807) is 0 Å². The highest BCUT2D eigenvalue weighted by molar-refractivity contribution is 5.67. The van der Waals surface area contributed by atoms with Gasteiger partial charge in [0, 0.05) is 18.2 Å². The molecular formula is C19H23N3O. The van der Waals surface area contributed by atoms with E-state index < -0.39 is 0 Å². The molecule has 0 fully saturated rings. The summed E-state index contributed by atoms with van der Waals surface area (Å²) in [5.41, 5.74) is 11.2. The summed E-state index contributed by atoms with van der Waals surface area (Å²) in [6.07, 6.45) is 3.93. The fourth-order valence-corrected chi connectivity index (χ4v) is 2.74. The molecule has 0 unspecified atom stereocenters. The average molecular weight is 309 g/mol. The Hall–Kier alpha value is -2.33. The standard InChI is InChI=1S/C19H23N3O/c1-3-12-23-16-7-5-15(6-8-16)19-17(10-11-20)22-13-14(2)4-9-18(22)21-19/h4-9,13H,3,10-12,20H2,1-2H3. The quantitative estimate of drug-likeness (QED) is 0.757. The van der Waals surface area contributed by atoms with Crippen LogP contribution in [0.15, 0.2) is 42.6 Å². The van der Waals surface area contributed by atoms with Crippen LogP contribution in [0.25, 0.3) is 16.9 Å². The summed E-state index contributed by atoms with van der Waals surface area (Å²) < 4.78 is 7.80. The summed E-state index contributed by atoms with van der Waals surface area (Å²) in [5, 5.41) is 0. The van der Waals surface area contributed by atoms with Crippen LogP contribution in [0.5, 0.6) is 5.75 Å². The van der Waals surface area contributed by atoms with Crippen LogP contribution < -0.4 is 10.5 Å². The van der Waals surface area contributed by atoms with E-state index >= 15 is 0 Å². The highest BCUT2D eigenvalue weighted by Gasteiger charge is 2.13. The van der Waals surface area contributed by atoms with Crippen LogP contribution >= 0.6 is 0 Å². The first kappa shape index (κ1) is 15.6. The molecule has 0 saturated heterocycles. The number of pyridine rings is 1. The Morgan fingerprint density at radius 1 is 1.13 bits per heavy atom. The van der Waals surface area contributed by atoms with E-state index in [2.05, 4.69) is 48.7 Å². The molecule has 4 nitrogen and oxygen atoms in total. The molecule has 1 aromatic carbocycles. The van der Waals surface area contributed by atoms with Gasteiger partial charge in [0.2, 0.25) is 0 Å². The molecule has 0 aliphatic carbocycles. The minimum absolute atomic E-state index is 0.604. The highest BCUT2D eigenvalue weighted by Crippen LogP contribution is 2.27. The van der Waals surface area contributed by atoms with Crippen LogP contribution in [0.4, 0.5) is 0 Å². The summed E-state index contributed by atoms with van der Waals surface area (Å²) in [5.74, 6) is 0.899. The number of rotatable bonds is 6. The maximum Gasteiger partial charge on any atom is 0.137 e. The highest BCUT2D eigenvalue weighted by atomic mass is 16.5. The van der Waals surface area contributed by atoms with E-state index in [0.717, 1.165) is 47.8 Å². The maximum atomic E-state index is 5.81. The van der Waals surface area contributed by atoms with Crippen molar-refractivity contribution in [2.75, 3.05) is 13.2 Å². The predicted octanol–water partition coefficient (Wildman–Crippen LogP) is 3.60. The fourth-order valence-electron chi connectivity index (χ4n) is 2.74. The maximum absolute atomic E-state index is 5.81. The van der Waals surface area contributed by atoms with Crippen LogP contribution in [0.3, 0.4) is 0 Å². The zero-order valence-electron chi connectivity index (χ0n) is 13.7. The molecule has 0 aliphatic rings. The van der Waals surface area contributed by atoms with E-state index in [0.29, 0.717) is 6.54 Å². The summed E-state index contributed by atoms with van der Waals surface area (Å²) >= 11 is 0. The third-order valence-electron chi connectivity index (χ3n) is 3.85. The van der Waals surface area contributed by atoms with Crippen molar-refractivity contribution in [3.05, 3.63) is 53.9 Å². The number of ether oxygens (including phenoxy) is 1. The second-order valence-corrected chi connectivity index (χ2v) is 5.75. The molecule has 3 aromatic rings. The largest absolute Gasteiger partial charge is 0.494 e. The van der Waals surface area contributed by atoms with Crippen LogP contribution in [0.2, 0.25) is 0 Å². The number of aryl methyl sites for hydroxylation is 1. The second kappa shape index (κ2) is 6.84. The molecule has 4 heteroatoms. The fraction of sp³-hybridized carbons (Fsp3) is 0.316. The SMILES string of the molecule is CCCOc1ccc(-c2nc3ccc(C)cn3c2CCN)cc1. The van der Waals surface area contributed by atoms with Gasteiger partial charge in [-0.05, 0) is 55.8 Å². The monoisotopic (exact) mass is 309 g/mol. The summed E-state index contributed by atoms with van der Waals surface area (Å²) in [6.45, 7) is 5.54.